The minimum absolute atomic E-state index is 0.220. The number of pyridine rings is 1. The van der Waals surface area contributed by atoms with Gasteiger partial charge in [-0.3, -0.25) is 0 Å². The molecule has 2 aromatic heterocycles. The largest absolute Gasteiger partial charge is 0.456 e. The standard InChI is InChI=1S/C25H26ClFN4O5/c1-33-6-2-3-12-7-13-4-5-16(20(13)15(27)8-12)28-23-14(26)9-17-24(30-23)31-25(29-17)36-19-11-35-21-18(32)10-34-22(19)21/h2-3,7-9,16,18-19,21-22,32H,4-6,10-11H2,1H3,(H2,28,29,30,31)/b3-2+/t16-,18+,19+,21+,22+/m0/s1. The number of fused-ring (bicyclic) bond motifs is 3. The fourth-order valence-corrected chi connectivity index (χ4v) is 5.37. The Bertz CT molecular complexity index is 1320. The molecule has 0 unspecified atom stereocenters. The van der Waals surface area contributed by atoms with Gasteiger partial charge >= 0.3 is 0 Å². The first-order chi connectivity index (χ1) is 17.5. The molecular weight excluding hydrogens is 491 g/mol. The van der Waals surface area contributed by atoms with E-state index in [9.17, 15) is 5.11 Å². The summed E-state index contributed by atoms with van der Waals surface area (Å²) in [5, 5.41) is 13.6. The van der Waals surface area contributed by atoms with Crippen LogP contribution in [0.1, 0.15) is 29.2 Å². The van der Waals surface area contributed by atoms with Crippen molar-refractivity contribution in [1.29, 1.82) is 0 Å². The predicted octanol–water partition coefficient (Wildman–Crippen LogP) is 3.42. The summed E-state index contributed by atoms with van der Waals surface area (Å²) in [7, 11) is 1.62. The van der Waals surface area contributed by atoms with E-state index >= 15 is 4.39 Å². The number of rotatable bonds is 7. The van der Waals surface area contributed by atoms with Crippen molar-refractivity contribution in [3.8, 4) is 6.01 Å². The average molecular weight is 517 g/mol. The molecule has 3 aromatic rings. The van der Waals surface area contributed by atoms with Gasteiger partial charge in [0.05, 0.1) is 36.4 Å². The summed E-state index contributed by atoms with van der Waals surface area (Å²) in [6, 6.07) is 5.26. The normalized spacial score (nSPS) is 27.2. The zero-order valence-electron chi connectivity index (χ0n) is 19.5. The molecule has 1 aromatic carbocycles. The first-order valence-electron chi connectivity index (χ1n) is 11.9. The van der Waals surface area contributed by atoms with E-state index in [2.05, 4.69) is 20.3 Å². The Balaban J connectivity index is 1.20. The number of hydrogen-bond acceptors (Lipinski definition) is 8. The fourth-order valence-electron chi connectivity index (χ4n) is 5.17. The van der Waals surface area contributed by atoms with Gasteiger partial charge in [0, 0.05) is 12.7 Å². The summed E-state index contributed by atoms with van der Waals surface area (Å²) < 4.78 is 37.2. The van der Waals surface area contributed by atoms with Crippen molar-refractivity contribution in [1.82, 2.24) is 15.0 Å². The number of nitrogens with one attached hydrogen (secondary N) is 2. The fraction of sp³-hybridized carbons (Fsp3) is 0.440. The Kier molecular flexibility index (Phi) is 6.30. The Morgan fingerprint density at radius 3 is 2.97 bits per heavy atom. The summed E-state index contributed by atoms with van der Waals surface area (Å²) in [5.74, 6) is 0.165. The number of nitrogens with zero attached hydrogens (tertiary/aromatic N) is 2. The molecule has 3 aliphatic rings. The van der Waals surface area contributed by atoms with Crippen molar-refractivity contribution >= 4 is 34.7 Å². The van der Waals surface area contributed by atoms with Gasteiger partial charge in [-0.1, -0.05) is 29.8 Å². The van der Waals surface area contributed by atoms with Gasteiger partial charge in [-0.05, 0) is 36.1 Å². The molecule has 0 amide bonds. The van der Waals surface area contributed by atoms with Crippen LogP contribution >= 0.6 is 11.6 Å². The smallest absolute Gasteiger partial charge is 0.296 e. The van der Waals surface area contributed by atoms with Crippen molar-refractivity contribution in [3.63, 3.8) is 0 Å². The molecule has 0 saturated carbocycles. The highest BCUT2D eigenvalue weighted by Crippen LogP contribution is 2.38. The first kappa shape index (κ1) is 23.6. The molecule has 6 rings (SSSR count). The maximum Gasteiger partial charge on any atom is 0.296 e. The lowest BCUT2D eigenvalue weighted by Crippen LogP contribution is -2.34. The highest BCUT2D eigenvalue weighted by molar-refractivity contribution is 6.33. The van der Waals surface area contributed by atoms with E-state index in [1.165, 1.54) is 6.07 Å². The number of aromatic nitrogens is 3. The van der Waals surface area contributed by atoms with Crippen LogP contribution in [0.25, 0.3) is 17.2 Å². The number of aryl methyl sites for hydroxylation is 1. The lowest BCUT2D eigenvalue weighted by Gasteiger charge is -2.16. The second-order valence-electron chi connectivity index (χ2n) is 9.22. The van der Waals surface area contributed by atoms with Crippen molar-refractivity contribution in [2.45, 2.75) is 43.3 Å². The zero-order chi connectivity index (χ0) is 24.8. The third kappa shape index (κ3) is 4.33. The summed E-state index contributed by atoms with van der Waals surface area (Å²) in [5.41, 5.74) is 3.43. The van der Waals surface area contributed by atoms with E-state index in [1.54, 1.807) is 13.2 Å². The lowest BCUT2D eigenvalue weighted by molar-refractivity contribution is 0.00706. The molecule has 1 aliphatic carbocycles. The molecule has 4 heterocycles. The third-order valence-corrected chi connectivity index (χ3v) is 7.11. The Morgan fingerprint density at radius 2 is 2.11 bits per heavy atom. The quantitative estimate of drug-likeness (QED) is 0.438. The number of anilines is 1. The summed E-state index contributed by atoms with van der Waals surface area (Å²) >= 11 is 6.52. The number of hydrogen-bond donors (Lipinski definition) is 3. The number of aliphatic hydroxyl groups excluding tert-OH is 1. The molecule has 5 atom stereocenters. The van der Waals surface area contributed by atoms with E-state index in [1.807, 2.05) is 18.2 Å². The topological polar surface area (TPSA) is 111 Å². The Morgan fingerprint density at radius 1 is 1.25 bits per heavy atom. The number of imidazole rings is 1. The van der Waals surface area contributed by atoms with Crippen LogP contribution in [0.4, 0.5) is 10.2 Å². The van der Waals surface area contributed by atoms with Crippen LogP contribution in [0.15, 0.2) is 24.3 Å². The molecule has 0 spiro atoms. The number of benzene rings is 1. The SMILES string of the molecule is COC/C=C/c1cc(F)c2c(c1)CC[C@@H]2Nc1nc2nc(O[C@@H]3CO[C@H]4[C@@H]3OC[C@H]4O)[nH]c2cc1Cl. The molecule has 0 bridgehead atoms. The third-order valence-electron chi connectivity index (χ3n) is 6.82. The summed E-state index contributed by atoms with van der Waals surface area (Å²) in [6.45, 7) is 0.987. The van der Waals surface area contributed by atoms with Crippen molar-refractivity contribution < 1.29 is 28.4 Å². The molecule has 11 heteroatoms. The van der Waals surface area contributed by atoms with Crippen LogP contribution in [0.2, 0.25) is 5.02 Å². The molecule has 190 valence electrons. The highest BCUT2D eigenvalue weighted by Gasteiger charge is 2.48. The minimum atomic E-state index is -0.655. The van der Waals surface area contributed by atoms with Crippen LogP contribution in [0, 0.1) is 5.82 Å². The van der Waals surface area contributed by atoms with Gasteiger partial charge in [-0.2, -0.15) is 4.98 Å². The zero-order valence-corrected chi connectivity index (χ0v) is 20.3. The van der Waals surface area contributed by atoms with Crippen LogP contribution in [-0.4, -0.2) is 71.4 Å². The molecule has 36 heavy (non-hydrogen) atoms. The monoisotopic (exact) mass is 516 g/mol. The predicted molar refractivity (Wildman–Crippen MR) is 131 cm³/mol. The number of methoxy groups -OCH3 is 1. The summed E-state index contributed by atoms with van der Waals surface area (Å²) in [6.07, 6.45) is 3.39. The average Bonchev–Trinajstić information content (AvgIpc) is 3.61. The molecule has 2 saturated heterocycles. The van der Waals surface area contributed by atoms with E-state index in [0.717, 1.165) is 24.0 Å². The highest BCUT2D eigenvalue weighted by atomic mass is 35.5. The number of ether oxygens (including phenoxy) is 4. The van der Waals surface area contributed by atoms with E-state index in [4.69, 9.17) is 30.5 Å². The summed E-state index contributed by atoms with van der Waals surface area (Å²) in [4.78, 5) is 12.1. The van der Waals surface area contributed by atoms with Gasteiger partial charge in [-0.15, -0.1) is 0 Å². The number of H-pyrrole nitrogens is 1. The maximum atomic E-state index is 15.1. The van der Waals surface area contributed by atoms with E-state index in [0.29, 0.717) is 40.8 Å². The van der Waals surface area contributed by atoms with Gasteiger partial charge in [-0.25, -0.2) is 9.37 Å². The van der Waals surface area contributed by atoms with E-state index in [-0.39, 0.29) is 30.6 Å². The number of aliphatic hydroxyl groups is 1. The molecule has 2 aliphatic heterocycles. The van der Waals surface area contributed by atoms with Gasteiger partial charge in [0.15, 0.2) is 11.8 Å². The molecule has 2 fully saturated rings. The minimum Gasteiger partial charge on any atom is -0.456 e. The van der Waals surface area contributed by atoms with Gasteiger partial charge in [0.2, 0.25) is 0 Å². The second-order valence-corrected chi connectivity index (χ2v) is 9.63. The van der Waals surface area contributed by atoms with Crippen molar-refractivity contribution in [2.24, 2.45) is 0 Å². The van der Waals surface area contributed by atoms with Gasteiger partial charge in [0.1, 0.15) is 29.9 Å². The van der Waals surface area contributed by atoms with Crippen molar-refractivity contribution in [3.05, 3.63) is 51.8 Å². The van der Waals surface area contributed by atoms with Crippen molar-refractivity contribution in [2.75, 3.05) is 32.2 Å². The first-order valence-corrected chi connectivity index (χ1v) is 12.3. The van der Waals surface area contributed by atoms with Crippen LogP contribution < -0.4 is 10.1 Å². The van der Waals surface area contributed by atoms with Crippen LogP contribution in [0.3, 0.4) is 0 Å². The molecular formula is C25H26ClFN4O5. The Labute approximate surface area is 211 Å². The Hall–Kier alpha value is -2.76. The van der Waals surface area contributed by atoms with Gasteiger partial charge < -0.3 is 34.4 Å². The molecule has 9 nitrogen and oxygen atoms in total. The number of halogens is 2. The maximum absolute atomic E-state index is 15.1. The number of aromatic amines is 1. The van der Waals surface area contributed by atoms with Gasteiger partial charge in [0.25, 0.3) is 6.01 Å². The van der Waals surface area contributed by atoms with Crippen LogP contribution in [0.5, 0.6) is 6.01 Å². The lowest BCUT2D eigenvalue weighted by atomic mass is 10.0. The van der Waals surface area contributed by atoms with Crippen LogP contribution in [-0.2, 0) is 20.6 Å². The molecule has 3 N–H and O–H groups in total. The second kappa shape index (κ2) is 9.60. The van der Waals surface area contributed by atoms with E-state index < -0.39 is 18.3 Å². The molecule has 0 radical (unpaired) electrons.